The number of thioether (sulfide) groups is 1. The second kappa shape index (κ2) is 9.94. The molecule has 0 fully saturated rings. The molecule has 2 aromatic heterocycles. The zero-order valence-corrected chi connectivity index (χ0v) is 18.9. The molecule has 0 bridgehead atoms. The summed E-state index contributed by atoms with van der Waals surface area (Å²) in [6.07, 6.45) is 0.793. The molecular weight excluding hydrogens is 426 g/mol. The van der Waals surface area contributed by atoms with E-state index in [1.807, 2.05) is 64.9 Å². The minimum Gasteiger partial charge on any atom is -0.337 e. The molecule has 0 aliphatic heterocycles. The Kier molecular flexibility index (Phi) is 6.84. The Balaban J connectivity index is 1.48. The van der Waals surface area contributed by atoms with Crippen molar-refractivity contribution >= 4 is 39.2 Å². The van der Waals surface area contributed by atoms with E-state index in [2.05, 4.69) is 17.1 Å². The van der Waals surface area contributed by atoms with Crippen molar-refractivity contribution in [1.82, 2.24) is 14.5 Å². The summed E-state index contributed by atoms with van der Waals surface area (Å²) in [7, 11) is 1.71. The summed E-state index contributed by atoms with van der Waals surface area (Å²) in [6, 6.07) is 22.0. The van der Waals surface area contributed by atoms with E-state index in [0.717, 1.165) is 12.0 Å². The number of thiophene rings is 1. The number of carbonyl (C=O) groups excluding carboxylic acids is 1. The molecule has 0 spiro atoms. The smallest absolute Gasteiger partial charge is 0.271 e. The summed E-state index contributed by atoms with van der Waals surface area (Å²) >= 11 is 2.70. The van der Waals surface area contributed by atoms with Crippen LogP contribution in [-0.2, 0) is 24.8 Å². The van der Waals surface area contributed by atoms with Crippen LogP contribution in [0.1, 0.15) is 11.1 Å². The number of fused-ring (bicyclic) bond motifs is 1. The number of amides is 1. The van der Waals surface area contributed by atoms with Gasteiger partial charge >= 0.3 is 0 Å². The highest BCUT2D eigenvalue weighted by Crippen LogP contribution is 2.21. The fraction of sp³-hybridized carbons (Fsp3) is 0.208. The van der Waals surface area contributed by atoms with Gasteiger partial charge in [0.2, 0.25) is 5.91 Å². The van der Waals surface area contributed by atoms with Gasteiger partial charge in [0.15, 0.2) is 5.16 Å². The molecular formula is C24H23N3O2S2. The largest absolute Gasteiger partial charge is 0.337 e. The van der Waals surface area contributed by atoms with Gasteiger partial charge < -0.3 is 4.90 Å². The Hall–Kier alpha value is -2.90. The number of nitrogens with zero attached hydrogens (tertiary/aromatic N) is 3. The summed E-state index contributed by atoms with van der Waals surface area (Å²) in [5, 5.41) is 2.43. The highest BCUT2D eigenvalue weighted by Gasteiger charge is 2.17. The van der Waals surface area contributed by atoms with E-state index in [4.69, 9.17) is 0 Å². The molecule has 31 heavy (non-hydrogen) atoms. The van der Waals surface area contributed by atoms with Crippen molar-refractivity contribution in [3.8, 4) is 0 Å². The summed E-state index contributed by atoms with van der Waals surface area (Å²) in [5.41, 5.74) is 2.92. The molecule has 4 aromatic rings. The number of hydrogen-bond donors (Lipinski definition) is 0. The summed E-state index contributed by atoms with van der Waals surface area (Å²) in [4.78, 5) is 32.1. The Morgan fingerprint density at radius 2 is 1.71 bits per heavy atom. The van der Waals surface area contributed by atoms with Gasteiger partial charge in [-0.25, -0.2) is 4.98 Å². The summed E-state index contributed by atoms with van der Waals surface area (Å²) < 4.78 is 2.18. The molecule has 0 atom stereocenters. The van der Waals surface area contributed by atoms with E-state index in [1.54, 1.807) is 7.05 Å². The standard InChI is InChI=1S/C24H23N3O2S2/c1-26-23(29)22-20(13-15-30-22)25-24(26)31-17-21(28)27(16-19-10-6-3-7-11-19)14-12-18-8-4-2-5-9-18/h2-11,13,15H,12,14,16-17H2,1H3. The Labute approximate surface area is 189 Å². The topological polar surface area (TPSA) is 55.2 Å². The quantitative estimate of drug-likeness (QED) is 0.296. The number of benzene rings is 2. The maximum atomic E-state index is 13.1. The average molecular weight is 450 g/mol. The van der Waals surface area contributed by atoms with Crippen LogP contribution in [0.15, 0.2) is 82.1 Å². The number of carbonyl (C=O) groups is 1. The van der Waals surface area contributed by atoms with Gasteiger partial charge in [0.1, 0.15) is 4.70 Å². The van der Waals surface area contributed by atoms with Gasteiger partial charge in [-0.1, -0.05) is 72.4 Å². The number of hydrogen-bond acceptors (Lipinski definition) is 5. The molecule has 4 rings (SSSR count). The summed E-state index contributed by atoms with van der Waals surface area (Å²) in [6.45, 7) is 1.19. The first-order chi connectivity index (χ1) is 15.1. The van der Waals surface area contributed by atoms with E-state index in [0.29, 0.717) is 28.5 Å². The lowest BCUT2D eigenvalue weighted by Gasteiger charge is -2.23. The van der Waals surface area contributed by atoms with E-state index >= 15 is 0 Å². The lowest BCUT2D eigenvalue weighted by molar-refractivity contribution is -0.128. The minimum absolute atomic E-state index is 0.0319. The summed E-state index contributed by atoms with van der Waals surface area (Å²) in [5.74, 6) is 0.266. The first kappa shape index (κ1) is 21.3. The molecule has 0 unspecified atom stereocenters. The fourth-order valence-corrected chi connectivity index (χ4v) is 5.00. The molecule has 2 aromatic carbocycles. The molecule has 5 nitrogen and oxygen atoms in total. The Morgan fingerprint density at radius 1 is 1.03 bits per heavy atom. The first-order valence-corrected chi connectivity index (χ1v) is 11.9. The minimum atomic E-state index is -0.0693. The van der Waals surface area contributed by atoms with Crippen LogP contribution >= 0.6 is 23.1 Å². The third-order valence-corrected chi connectivity index (χ3v) is 6.96. The lowest BCUT2D eigenvalue weighted by Crippen LogP contribution is -2.34. The van der Waals surface area contributed by atoms with Crippen molar-refractivity contribution in [2.45, 2.75) is 18.1 Å². The van der Waals surface area contributed by atoms with Crippen LogP contribution in [0.25, 0.3) is 10.2 Å². The molecule has 2 heterocycles. The predicted molar refractivity (Wildman–Crippen MR) is 128 cm³/mol. The van der Waals surface area contributed by atoms with Crippen molar-refractivity contribution < 1.29 is 4.79 Å². The fourth-order valence-electron chi connectivity index (χ4n) is 3.32. The molecule has 1 amide bonds. The van der Waals surface area contributed by atoms with Crippen LogP contribution in [0.3, 0.4) is 0 Å². The van der Waals surface area contributed by atoms with E-state index in [9.17, 15) is 9.59 Å². The Bertz CT molecular complexity index is 1220. The van der Waals surface area contributed by atoms with Crippen LogP contribution in [-0.4, -0.2) is 32.7 Å². The van der Waals surface area contributed by atoms with Crippen molar-refractivity contribution in [3.63, 3.8) is 0 Å². The molecule has 0 saturated heterocycles. The van der Waals surface area contributed by atoms with Gasteiger partial charge in [-0.2, -0.15) is 0 Å². The molecule has 0 aliphatic rings. The van der Waals surface area contributed by atoms with Gasteiger partial charge in [-0.05, 0) is 29.0 Å². The number of rotatable bonds is 8. The molecule has 0 N–H and O–H groups in total. The zero-order chi connectivity index (χ0) is 21.6. The van der Waals surface area contributed by atoms with E-state index < -0.39 is 0 Å². The maximum Gasteiger partial charge on any atom is 0.271 e. The second-order valence-corrected chi connectivity index (χ2v) is 9.08. The van der Waals surface area contributed by atoms with Gasteiger partial charge in [0.25, 0.3) is 5.56 Å². The lowest BCUT2D eigenvalue weighted by atomic mass is 10.1. The SMILES string of the molecule is Cn1c(SCC(=O)N(CCc2ccccc2)Cc2ccccc2)nc2ccsc2c1=O. The molecule has 0 saturated carbocycles. The van der Waals surface area contributed by atoms with Gasteiger partial charge in [-0.15, -0.1) is 11.3 Å². The van der Waals surface area contributed by atoms with Gasteiger partial charge in [-0.3, -0.25) is 14.2 Å². The van der Waals surface area contributed by atoms with Crippen molar-refractivity contribution in [1.29, 1.82) is 0 Å². The molecule has 158 valence electrons. The van der Waals surface area contributed by atoms with E-state index in [-0.39, 0.29) is 17.2 Å². The molecule has 7 heteroatoms. The maximum absolute atomic E-state index is 13.1. The van der Waals surface area contributed by atoms with Crippen molar-refractivity contribution in [3.05, 3.63) is 93.6 Å². The second-order valence-electron chi connectivity index (χ2n) is 7.22. The van der Waals surface area contributed by atoms with Crippen molar-refractivity contribution in [2.75, 3.05) is 12.3 Å². The zero-order valence-electron chi connectivity index (χ0n) is 17.2. The van der Waals surface area contributed by atoms with Gasteiger partial charge in [0.05, 0.1) is 11.3 Å². The normalized spacial score (nSPS) is 11.0. The first-order valence-electron chi connectivity index (χ1n) is 10.0. The van der Waals surface area contributed by atoms with Crippen LogP contribution < -0.4 is 5.56 Å². The highest BCUT2D eigenvalue weighted by molar-refractivity contribution is 7.99. The monoisotopic (exact) mass is 449 g/mol. The molecule has 0 radical (unpaired) electrons. The van der Waals surface area contributed by atoms with Crippen LogP contribution in [0.2, 0.25) is 0 Å². The van der Waals surface area contributed by atoms with Crippen molar-refractivity contribution in [2.24, 2.45) is 7.05 Å². The van der Waals surface area contributed by atoms with Crippen LogP contribution in [0.4, 0.5) is 0 Å². The third-order valence-electron chi connectivity index (χ3n) is 5.05. The van der Waals surface area contributed by atoms with Crippen LogP contribution in [0, 0.1) is 0 Å². The Morgan fingerprint density at radius 3 is 2.42 bits per heavy atom. The molecule has 0 aliphatic carbocycles. The third kappa shape index (κ3) is 5.24. The predicted octanol–water partition coefficient (Wildman–Crippen LogP) is 4.36. The number of aromatic nitrogens is 2. The van der Waals surface area contributed by atoms with Gasteiger partial charge in [0, 0.05) is 20.1 Å². The average Bonchev–Trinajstić information content (AvgIpc) is 3.28. The van der Waals surface area contributed by atoms with E-state index in [1.165, 1.54) is 33.2 Å². The van der Waals surface area contributed by atoms with Crippen LogP contribution in [0.5, 0.6) is 0 Å². The highest BCUT2D eigenvalue weighted by atomic mass is 32.2.